The topological polar surface area (TPSA) is 192 Å². The molecule has 1 aliphatic heterocycles. The summed E-state index contributed by atoms with van der Waals surface area (Å²) in [5.41, 5.74) is 7.87. The molecule has 1 unspecified atom stereocenters. The second kappa shape index (κ2) is 7.10. The number of alkyl halides is 3. The third-order valence-corrected chi connectivity index (χ3v) is 4.21. The van der Waals surface area contributed by atoms with Crippen molar-refractivity contribution in [2.75, 3.05) is 16.8 Å². The number of guanidine groups is 1. The van der Waals surface area contributed by atoms with E-state index in [1.54, 1.807) is 12.3 Å². The first-order valence-electron chi connectivity index (χ1n) is 7.93. The lowest BCUT2D eigenvalue weighted by molar-refractivity contribution is -0.388. The molecule has 0 radical (unpaired) electrons. The number of nitro groups is 1. The lowest BCUT2D eigenvalue weighted by Crippen LogP contribution is -2.33. The third-order valence-electron chi connectivity index (χ3n) is 4.21. The van der Waals surface area contributed by atoms with E-state index in [1.807, 2.05) is 0 Å². The molecule has 2 aromatic rings. The number of aromatic nitrogens is 1. The van der Waals surface area contributed by atoms with Crippen molar-refractivity contribution in [2.45, 2.75) is 12.2 Å². The maximum absolute atomic E-state index is 13.4. The van der Waals surface area contributed by atoms with Crippen LogP contribution in [0.15, 0.2) is 23.2 Å². The lowest BCUT2D eigenvalue weighted by atomic mass is 9.92. The second-order valence-electron chi connectivity index (χ2n) is 5.90. The highest BCUT2D eigenvalue weighted by molar-refractivity contribution is 5.98. The van der Waals surface area contributed by atoms with Gasteiger partial charge in [0.2, 0.25) is 5.96 Å². The predicted molar refractivity (Wildman–Crippen MR) is 97.5 cm³/mol. The molecule has 152 valence electrons. The molecule has 14 heteroatoms. The highest BCUT2D eigenvalue weighted by Crippen LogP contribution is 2.46. The van der Waals surface area contributed by atoms with E-state index < -0.39 is 34.0 Å². The fourth-order valence-electron chi connectivity index (χ4n) is 3.02. The van der Waals surface area contributed by atoms with E-state index in [0.717, 1.165) is 12.1 Å². The summed E-state index contributed by atoms with van der Waals surface area (Å²) in [6.07, 6.45) is -3.45. The molecule has 0 saturated carbocycles. The molecule has 2 heterocycles. The van der Waals surface area contributed by atoms with E-state index in [0.29, 0.717) is 6.07 Å². The van der Waals surface area contributed by atoms with E-state index in [2.05, 4.69) is 20.6 Å². The van der Waals surface area contributed by atoms with Crippen LogP contribution in [0.5, 0.6) is 0 Å². The van der Waals surface area contributed by atoms with Gasteiger partial charge in [0.05, 0.1) is 16.2 Å². The van der Waals surface area contributed by atoms with Crippen LogP contribution in [-0.2, 0) is 6.18 Å². The molecule has 1 atom stereocenters. The van der Waals surface area contributed by atoms with Crippen molar-refractivity contribution in [1.82, 2.24) is 10.3 Å². The van der Waals surface area contributed by atoms with E-state index in [9.17, 15) is 28.5 Å². The standard InChI is InChI=1S/C16H10F3N9O2/c17-16(18,19)8-3-1-2-6(12(8)28(29)30)11-9-10(22)7(4-20)13(23)26-14(9)27-15(25-11)24-5-21/h1-3,11H,(H6,22,23,24,25,26,27). The Morgan fingerprint density at radius 3 is 2.57 bits per heavy atom. The van der Waals surface area contributed by atoms with Crippen LogP contribution in [0.3, 0.4) is 0 Å². The summed E-state index contributed by atoms with van der Waals surface area (Å²) >= 11 is 0. The Morgan fingerprint density at radius 2 is 2.00 bits per heavy atom. The van der Waals surface area contributed by atoms with Crippen molar-refractivity contribution in [2.24, 2.45) is 4.99 Å². The summed E-state index contributed by atoms with van der Waals surface area (Å²) in [6, 6.07) is 2.85. The van der Waals surface area contributed by atoms with Gasteiger partial charge in [0.25, 0.3) is 5.69 Å². The molecule has 0 aliphatic carbocycles. The highest BCUT2D eigenvalue weighted by atomic mass is 19.4. The number of hydrogen-bond donors (Lipinski definition) is 4. The van der Waals surface area contributed by atoms with Crippen LogP contribution < -0.4 is 22.1 Å². The van der Waals surface area contributed by atoms with Crippen molar-refractivity contribution in [1.29, 1.82) is 10.5 Å². The largest absolute Gasteiger partial charge is 0.423 e. The van der Waals surface area contributed by atoms with Gasteiger partial charge in [-0.3, -0.25) is 15.4 Å². The number of nitrogen functional groups attached to an aromatic ring is 2. The van der Waals surface area contributed by atoms with Crippen molar-refractivity contribution in [3.05, 3.63) is 50.6 Å². The number of nitrogens with zero attached hydrogens (tertiary/aromatic N) is 5. The Balaban J connectivity index is 2.39. The maximum atomic E-state index is 13.4. The summed E-state index contributed by atoms with van der Waals surface area (Å²) in [4.78, 5) is 18.4. The Kier molecular flexibility index (Phi) is 4.77. The molecular weight excluding hydrogens is 407 g/mol. The third kappa shape index (κ3) is 3.22. The maximum Gasteiger partial charge on any atom is 0.423 e. The lowest BCUT2D eigenvalue weighted by Gasteiger charge is -2.26. The number of fused-ring (bicyclic) bond motifs is 1. The van der Waals surface area contributed by atoms with Gasteiger partial charge in [-0.2, -0.15) is 23.7 Å². The van der Waals surface area contributed by atoms with E-state index >= 15 is 0 Å². The number of para-hydroxylation sites is 1. The number of rotatable bonds is 2. The molecule has 6 N–H and O–H groups in total. The minimum atomic E-state index is -5.02. The Labute approximate surface area is 165 Å². The smallest absolute Gasteiger partial charge is 0.397 e. The van der Waals surface area contributed by atoms with Crippen molar-refractivity contribution in [3.63, 3.8) is 0 Å². The van der Waals surface area contributed by atoms with Crippen LogP contribution in [0.25, 0.3) is 0 Å². The van der Waals surface area contributed by atoms with Crippen LogP contribution in [0.2, 0.25) is 0 Å². The summed E-state index contributed by atoms with van der Waals surface area (Å²) in [5, 5.41) is 34.4. The zero-order valence-corrected chi connectivity index (χ0v) is 14.7. The molecule has 0 fully saturated rings. The summed E-state index contributed by atoms with van der Waals surface area (Å²) in [6.45, 7) is 0. The Hall–Kier alpha value is -4.59. The molecular formula is C16H10F3N9O2. The summed E-state index contributed by atoms with van der Waals surface area (Å²) in [5.74, 6) is -0.650. The Bertz CT molecular complexity index is 1180. The number of hydrogen-bond acceptors (Lipinski definition) is 10. The quantitative estimate of drug-likeness (QED) is 0.245. The van der Waals surface area contributed by atoms with Crippen molar-refractivity contribution in [3.8, 4) is 12.3 Å². The SMILES string of the molecule is N#CNC1=NC(c2cccc(C(F)(F)F)c2[N+](=O)[O-])c2c(nc(N)c(C#N)c2N)N1. The summed E-state index contributed by atoms with van der Waals surface area (Å²) in [7, 11) is 0. The van der Waals surface area contributed by atoms with Crippen LogP contribution >= 0.6 is 0 Å². The van der Waals surface area contributed by atoms with Gasteiger partial charge in [-0.1, -0.05) is 6.07 Å². The molecule has 1 aromatic heterocycles. The number of halogens is 3. The number of nitriles is 2. The highest BCUT2D eigenvalue weighted by Gasteiger charge is 2.42. The zero-order valence-electron chi connectivity index (χ0n) is 14.7. The zero-order chi connectivity index (χ0) is 22.2. The average Bonchev–Trinajstić information content (AvgIpc) is 2.66. The van der Waals surface area contributed by atoms with Gasteiger partial charge in [0.15, 0.2) is 6.19 Å². The second-order valence-corrected chi connectivity index (χ2v) is 5.90. The fraction of sp³-hybridized carbons (Fsp3) is 0.125. The normalized spacial score (nSPS) is 15.1. The number of nitro benzene ring substituents is 1. The molecule has 0 spiro atoms. The minimum Gasteiger partial charge on any atom is -0.397 e. The fourth-order valence-corrected chi connectivity index (χ4v) is 3.02. The van der Waals surface area contributed by atoms with E-state index in [-0.39, 0.29) is 34.4 Å². The van der Waals surface area contributed by atoms with Crippen LogP contribution in [0.1, 0.15) is 28.3 Å². The van der Waals surface area contributed by atoms with Crippen molar-refractivity contribution >= 4 is 29.0 Å². The average molecular weight is 417 g/mol. The van der Waals surface area contributed by atoms with Gasteiger partial charge in [-0.05, 0) is 12.1 Å². The molecule has 1 aliphatic rings. The van der Waals surface area contributed by atoms with Gasteiger partial charge in [0, 0.05) is 5.56 Å². The van der Waals surface area contributed by atoms with Gasteiger partial charge in [-0.25, -0.2) is 9.98 Å². The van der Waals surface area contributed by atoms with Crippen LogP contribution in [0, 0.1) is 32.9 Å². The molecule has 0 saturated heterocycles. The first-order chi connectivity index (χ1) is 14.1. The molecule has 0 bridgehead atoms. The molecule has 0 amide bonds. The predicted octanol–water partition coefficient (Wildman–Crippen LogP) is 1.99. The van der Waals surface area contributed by atoms with Crippen LogP contribution in [0.4, 0.5) is 36.2 Å². The molecule has 30 heavy (non-hydrogen) atoms. The van der Waals surface area contributed by atoms with Crippen molar-refractivity contribution < 1.29 is 18.1 Å². The number of aliphatic imine (C=N–C) groups is 1. The summed E-state index contributed by atoms with van der Waals surface area (Å²) < 4.78 is 40.2. The van der Waals surface area contributed by atoms with Crippen LogP contribution in [-0.4, -0.2) is 15.9 Å². The number of nitrogens with two attached hydrogens (primary N) is 2. The molecule has 3 rings (SSSR count). The monoisotopic (exact) mass is 417 g/mol. The van der Waals surface area contributed by atoms with Gasteiger partial charge in [0.1, 0.15) is 34.9 Å². The number of benzene rings is 1. The van der Waals surface area contributed by atoms with Gasteiger partial charge >= 0.3 is 6.18 Å². The van der Waals surface area contributed by atoms with Gasteiger partial charge in [-0.15, -0.1) is 0 Å². The molecule has 1 aromatic carbocycles. The van der Waals surface area contributed by atoms with E-state index in [4.69, 9.17) is 16.7 Å². The number of pyridine rings is 1. The van der Waals surface area contributed by atoms with Gasteiger partial charge < -0.3 is 16.8 Å². The molecule has 11 nitrogen and oxygen atoms in total. The first-order valence-corrected chi connectivity index (χ1v) is 7.93. The first kappa shape index (κ1) is 20.2. The Morgan fingerprint density at radius 1 is 1.30 bits per heavy atom. The number of anilines is 3. The minimum absolute atomic E-state index is 0.0911. The van der Waals surface area contributed by atoms with E-state index in [1.165, 1.54) is 0 Å². The number of nitrogens with one attached hydrogen (secondary N) is 2.